The highest BCUT2D eigenvalue weighted by atomic mass is 16.5. The third-order valence-electron chi connectivity index (χ3n) is 4.39. The van der Waals surface area contributed by atoms with E-state index < -0.39 is 5.97 Å². The zero-order valence-electron chi connectivity index (χ0n) is 15.5. The van der Waals surface area contributed by atoms with E-state index in [-0.39, 0.29) is 12.3 Å². The second-order valence-electron chi connectivity index (χ2n) is 6.34. The Kier molecular flexibility index (Phi) is 6.07. The second-order valence-corrected chi connectivity index (χ2v) is 6.34. The molecule has 142 valence electrons. The Morgan fingerprint density at radius 3 is 2.04 bits per heavy atom. The standard InChI is InChI=1S/C23H21NO4/c1-28-21-13-11-20(12-14-21)24(16-22(25)26)15-17-7-9-19(10-8-17)23(27)18-5-3-2-4-6-18/h2-14H,15-16H2,1H3,(H,25,26). The molecule has 0 aliphatic carbocycles. The van der Waals surface area contributed by atoms with Gasteiger partial charge in [-0.3, -0.25) is 9.59 Å². The average Bonchev–Trinajstić information content (AvgIpc) is 2.74. The summed E-state index contributed by atoms with van der Waals surface area (Å²) in [5.41, 5.74) is 2.94. The van der Waals surface area contributed by atoms with E-state index in [2.05, 4.69) is 0 Å². The van der Waals surface area contributed by atoms with Crippen LogP contribution in [0.4, 0.5) is 5.69 Å². The first kappa shape index (κ1) is 19.2. The first-order valence-corrected chi connectivity index (χ1v) is 8.86. The first-order chi connectivity index (χ1) is 13.6. The molecule has 0 unspecified atom stereocenters. The summed E-state index contributed by atoms with van der Waals surface area (Å²) >= 11 is 0. The quantitative estimate of drug-likeness (QED) is 0.603. The van der Waals surface area contributed by atoms with Crippen molar-refractivity contribution in [1.29, 1.82) is 0 Å². The molecule has 0 aliphatic rings. The van der Waals surface area contributed by atoms with Crippen molar-refractivity contribution in [3.05, 3.63) is 95.6 Å². The molecule has 3 aromatic rings. The van der Waals surface area contributed by atoms with Crippen molar-refractivity contribution in [1.82, 2.24) is 0 Å². The number of anilines is 1. The number of methoxy groups -OCH3 is 1. The summed E-state index contributed by atoms with van der Waals surface area (Å²) in [5.74, 6) is -0.237. The van der Waals surface area contributed by atoms with Crippen molar-refractivity contribution < 1.29 is 19.4 Å². The average molecular weight is 375 g/mol. The normalized spacial score (nSPS) is 10.3. The predicted molar refractivity (Wildman–Crippen MR) is 108 cm³/mol. The van der Waals surface area contributed by atoms with Crippen molar-refractivity contribution in [2.24, 2.45) is 0 Å². The van der Waals surface area contributed by atoms with E-state index in [1.54, 1.807) is 48.4 Å². The maximum Gasteiger partial charge on any atom is 0.323 e. The van der Waals surface area contributed by atoms with Gasteiger partial charge in [-0.2, -0.15) is 0 Å². The molecule has 0 bridgehead atoms. The molecule has 5 nitrogen and oxygen atoms in total. The molecule has 0 amide bonds. The van der Waals surface area contributed by atoms with Gasteiger partial charge in [-0.05, 0) is 29.8 Å². The summed E-state index contributed by atoms with van der Waals surface area (Å²) in [5, 5.41) is 9.26. The van der Waals surface area contributed by atoms with Crippen LogP contribution < -0.4 is 9.64 Å². The Bertz CT molecular complexity index is 935. The number of hydrogen-bond donors (Lipinski definition) is 1. The van der Waals surface area contributed by atoms with Gasteiger partial charge in [-0.15, -0.1) is 0 Å². The minimum atomic E-state index is -0.910. The van der Waals surface area contributed by atoms with Crippen molar-refractivity contribution in [2.75, 3.05) is 18.6 Å². The van der Waals surface area contributed by atoms with Crippen LogP contribution in [0.5, 0.6) is 5.75 Å². The summed E-state index contributed by atoms with van der Waals surface area (Å²) in [4.78, 5) is 25.6. The molecule has 0 atom stereocenters. The zero-order chi connectivity index (χ0) is 19.9. The zero-order valence-corrected chi connectivity index (χ0v) is 15.5. The number of carboxylic acid groups (broad SMARTS) is 1. The molecule has 0 aromatic heterocycles. The molecular formula is C23H21NO4. The summed E-state index contributed by atoms with van der Waals surface area (Å²) in [6, 6.07) is 23.6. The monoisotopic (exact) mass is 375 g/mol. The fourth-order valence-electron chi connectivity index (χ4n) is 2.93. The van der Waals surface area contributed by atoms with Crippen LogP contribution in [-0.4, -0.2) is 30.5 Å². The Morgan fingerprint density at radius 2 is 1.46 bits per heavy atom. The molecular weight excluding hydrogens is 354 g/mol. The third kappa shape index (κ3) is 4.76. The molecule has 0 spiro atoms. The van der Waals surface area contributed by atoms with Gasteiger partial charge in [-0.25, -0.2) is 0 Å². The van der Waals surface area contributed by atoms with E-state index in [0.717, 1.165) is 11.3 Å². The van der Waals surface area contributed by atoms with Gasteiger partial charge in [0.25, 0.3) is 0 Å². The fraction of sp³-hybridized carbons (Fsp3) is 0.130. The largest absolute Gasteiger partial charge is 0.497 e. The molecule has 0 saturated carbocycles. The first-order valence-electron chi connectivity index (χ1n) is 8.86. The van der Waals surface area contributed by atoms with Gasteiger partial charge in [0.05, 0.1) is 7.11 Å². The number of carboxylic acids is 1. The van der Waals surface area contributed by atoms with Crippen LogP contribution in [-0.2, 0) is 11.3 Å². The number of hydrogen-bond acceptors (Lipinski definition) is 4. The molecule has 0 heterocycles. The summed E-state index contributed by atoms with van der Waals surface area (Å²) in [7, 11) is 1.59. The van der Waals surface area contributed by atoms with Gasteiger partial charge < -0.3 is 14.7 Å². The SMILES string of the molecule is COc1ccc(N(CC(=O)O)Cc2ccc(C(=O)c3ccccc3)cc2)cc1. The third-order valence-corrected chi connectivity index (χ3v) is 4.39. The molecule has 5 heteroatoms. The van der Waals surface area contributed by atoms with Gasteiger partial charge in [0.2, 0.25) is 0 Å². The van der Waals surface area contributed by atoms with Crippen LogP contribution >= 0.6 is 0 Å². The molecule has 0 aliphatic heterocycles. The maximum atomic E-state index is 12.5. The van der Waals surface area contributed by atoms with E-state index in [1.165, 1.54) is 0 Å². The van der Waals surface area contributed by atoms with Crippen LogP contribution in [0.1, 0.15) is 21.5 Å². The highest BCUT2D eigenvalue weighted by molar-refractivity contribution is 6.08. The van der Waals surface area contributed by atoms with E-state index in [9.17, 15) is 14.7 Å². The Labute approximate surface area is 163 Å². The highest BCUT2D eigenvalue weighted by Crippen LogP contribution is 2.21. The smallest absolute Gasteiger partial charge is 0.323 e. The molecule has 28 heavy (non-hydrogen) atoms. The van der Waals surface area contributed by atoms with E-state index in [1.807, 2.05) is 42.5 Å². The van der Waals surface area contributed by atoms with E-state index >= 15 is 0 Å². The Balaban J connectivity index is 1.77. The number of nitrogens with zero attached hydrogens (tertiary/aromatic N) is 1. The van der Waals surface area contributed by atoms with Gasteiger partial charge in [0, 0.05) is 23.4 Å². The van der Waals surface area contributed by atoms with Gasteiger partial charge in [0.1, 0.15) is 12.3 Å². The van der Waals surface area contributed by atoms with Crippen LogP contribution in [0.3, 0.4) is 0 Å². The minimum Gasteiger partial charge on any atom is -0.497 e. The van der Waals surface area contributed by atoms with Crippen LogP contribution in [0.2, 0.25) is 0 Å². The number of benzene rings is 3. The van der Waals surface area contributed by atoms with Crippen molar-refractivity contribution >= 4 is 17.4 Å². The van der Waals surface area contributed by atoms with Gasteiger partial charge >= 0.3 is 5.97 Å². The van der Waals surface area contributed by atoms with Gasteiger partial charge in [0.15, 0.2) is 5.78 Å². The Hall–Kier alpha value is -3.60. The Morgan fingerprint density at radius 1 is 0.857 bits per heavy atom. The minimum absolute atomic E-state index is 0.0373. The number of carbonyl (C=O) groups is 2. The second kappa shape index (κ2) is 8.86. The highest BCUT2D eigenvalue weighted by Gasteiger charge is 2.13. The number of ketones is 1. The molecule has 3 aromatic carbocycles. The van der Waals surface area contributed by atoms with Crippen LogP contribution in [0.25, 0.3) is 0 Å². The van der Waals surface area contributed by atoms with E-state index in [4.69, 9.17) is 4.74 Å². The number of aliphatic carboxylic acids is 1. The lowest BCUT2D eigenvalue weighted by Crippen LogP contribution is -2.29. The maximum absolute atomic E-state index is 12.5. The molecule has 1 N–H and O–H groups in total. The molecule has 0 fully saturated rings. The molecule has 0 radical (unpaired) electrons. The van der Waals surface area contributed by atoms with Gasteiger partial charge in [-0.1, -0.05) is 54.6 Å². The lowest BCUT2D eigenvalue weighted by molar-refractivity contribution is -0.135. The molecule has 0 saturated heterocycles. The summed E-state index contributed by atoms with van der Waals surface area (Å²) in [6.07, 6.45) is 0. The fourth-order valence-corrected chi connectivity index (χ4v) is 2.93. The lowest BCUT2D eigenvalue weighted by Gasteiger charge is -2.23. The summed E-state index contributed by atoms with van der Waals surface area (Å²) < 4.78 is 5.15. The van der Waals surface area contributed by atoms with E-state index in [0.29, 0.717) is 23.4 Å². The topological polar surface area (TPSA) is 66.8 Å². The summed E-state index contributed by atoms with van der Waals surface area (Å²) in [6.45, 7) is 0.287. The van der Waals surface area contributed by atoms with Crippen molar-refractivity contribution in [3.63, 3.8) is 0 Å². The van der Waals surface area contributed by atoms with Crippen molar-refractivity contribution in [3.8, 4) is 5.75 Å². The van der Waals surface area contributed by atoms with Crippen molar-refractivity contribution in [2.45, 2.75) is 6.54 Å². The number of carbonyl (C=O) groups excluding carboxylic acids is 1. The van der Waals surface area contributed by atoms with Crippen LogP contribution in [0.15, 0.2) is 78.9 Å². The number of rotatable bonds is 8. The lowest BCUT2D eigenvalue weighted by atomic mass is 10.0. The van der Waals surface area contributed by atoms with Crippen LogP contribution in [0, 0.1) is 0 Å². The molecule has 3 rings (SSSR count). The predicted octanol–water partition coefficient (Wildman–Crippen LogP) is 4.02. The number of ether oxygens (including phenoxy) is 1.